The van der Waals surface area contributed by atoms with E-state index < -0.39 is 0 Å². The fourth-order valence-corrected chi connectivity index (χ4v) is 3.22. The van der Waals surface area contributed by atoms with Crippen LogP contribution < -0.4 is 20.9 Å². The van der Waals surface area contributed by atoms with Crippen molar-refractivity contribution in [3.05, 3.63) is 101 Å². The molecule has 0 saturated carbocycles. The number of amides is 1. The van der Waals surface area contributed by atoms with Crippen LogP contribution in [0.25, 0.3) is 11.3 Å². The van der Waals surface area contributed by atoms with Crippen molar-refractivity contribution < 1.29 is 9.53 Å². The molecule has 4 aromatic rings. The van der Waals surface area contributed by atoms with E-state index in [-0.39, 0.29) is 18.0 Å². The summed E-state index contributed by atoms with van der Waals surface area (Å²) in [6.45, 7) is -0.203. The minimum atomic E-state index is -0.360. The SMILES string of the molecule is COc1ccccc1-c1ccc(=O)n(CC(=O)Nc2ccc(Nc3ccccc3)cc2)n1. The lowest BCUT2D eigenvalue weighted by Gasteiger charge is -2.11. The number of carbonyl (C=O) groups excluding carboxylic acids is 1. The van der Waals surface area contributed by atoms with Gasteiger partial charge in [-0.25, -0.2) is 4.68 Å². The number of carbonyl (C=O) groups is 1. The predicted octanol–water partition coefficient (Wildman–Crippen LogP) is 4.30. The van der Waals surface area contributed by atoms with Gasteiger partial charge in [-0.3, -0.25) is 9.59 Å². The summed E-state index contributed by atoms with van der Waals surface area (Å²) in [5, 5.41) is 10.4. The van der Waals surface area contributed by atoms with E-state index in [0.717, 1.165) is 21.6 Å². The van der Waals surface area contributed by atoms with Crippen LogP contribution in [-0.2, 0) is 11.3 Å². The molecule has 160 valence electrons. The second-order valence-electron chi connectivity index (χ2n) is 7.03. The van der Waals surface area contributed by atoms with Crippen LogP contribution in [0, 0.1) is 0 Å². The van der Waals surface area contributed by atoms with E-state index >= 15 is 0 Å². The van der Waals surface area contributed by atoms with Crippen molar-refractivity contribution in [2.75, 3.05) is 17.7 Å². The van der Waals surface area contributed by atoms with Crippen LogP contribution in [0.5, 0.6) is 5.75 Å². The third-order valence-corrected chi connectivity index (χ3v) is 4.77. The summed E-state index contributed by atoms with van der Waals surface area (Å²) in [4.78, 5) is 24.8. The second-order valence-corrected chi connectivity index (χ2v) is 7.03. The molecule has 0 aliphatic carbocycles. The molecule has 0 bridgehead atoms. The van der Waals surface area contributed by atoms with Gasteiger partial charge in [0.2, 0.25) is 5.91 Å². The molecule has 2 N–H and O–H groups in total. The maximum atomic E-state index is 12.5. The zero-order chi connectivity index (χ0) is 22.3. The van der Waals surface area contributed by atoms with E-state index in [4.69, 9.17) is 4.74 Å². The Morgan fingerprint density at radius 1 is 0.844 bits per heavy atom. The molecule has 0 radical (unpaired) electrons. The molecule has 32 heavy (non-hydrogen) atoms. The molecular weight excluding hydrogens is 404 g/mol. The Balaban J connectivity index is 1.44. The number of hydrogen-bond acceptors (Lipinski definition) is 5. The smallest absolute Gasteiger partial charge is 0.267 e. The molecular formula is C25H22N4O3. The first-order chi connectivity index (χ1) is 15.6. The van der Waals surface area contributed by atoms with Crippen LogP contribution in [-0.4, -0.2) is 22.8 Å². The van der Waals surface area contributed by atoms with Crippen LogP contribution in [0.2, 0.25) is 0 Å². The third-order valence-electron chi connectivity index (χ3n) is 4.77. The van der Waals surface area contributed by atoms with Gasteiger partial charge in [0, 0.05) is 28.7 Å². The van der Waals surface area contributed by atoms with Crippen LogP contribution in [0.3, 0.4) is 0 Å². The van der Waals surface area contributed by atoms with E-state index in [9.17, 15) is 9.59 Å². The van der Waals surface area contributed by atoms with E-state index in [1.807, 2.05) is 66.7 Å². The number of rotatable bonds is 7. The van der Waals surface area contributed by atoms with Crippen molar-refractivity contribution in [1.82, 2.24) is 9.78 Å². The van der Waals surface area contributed by atoms with Crippen LogP contribution >= 0.6 is 0 Å². The molecule has 0 saturated heterocycles. The molecule has 0 atom stereocenters. The Kier molecular flexibility index (Phi) is 6.27. The molecule has 0 spiro atoms. The Bertz CT molecular complexity index is 1270. The molecule has 7 heteroatoms. The lowest BCUT2D eigenvalue weighted by Crippen LogP contribution is -2.29. The third kappa shape index (κ3) is 5.02. The van der Waals surface area contributed by atoms with Crippen molar-refractivity contribution >= 4 is 23.0 Å². The summed E-state index contributed by atoms with van der Waals surface area (Å²) in [6, 6.07) is 27.5. The lowest BCUT2D eigenvalue weighted by atomic mass is 10.1. The van der Waals surface area contributed by atoms with Gasteiger partial charge in [0.1, 0.15) is 12.3 Å². The minimum absolute atomic E-state index is 0.203. The molecule has 1 aromatic heterocycles. The van der Waals surface area contributed by atoms with Gasteiger partial charge in [0.15, 0.2) is 0 Å². The van der Waals surface area contributed by atoms with E-state index in [1.165, 1.54) is 6.07 Å². The lowest BCUT2D eigenvalue weighted by molar-refractivity contribution is -0.117. The number of methoxy groups -OCH3 is 1. The fourth-order valence-electron chi connectivity index (χ4n) is 3.22. The van der Waals surface area contributed by atoms with Gasteiger partial charge < -0.3 is 15.4 Å². The van der Waals surface area contributed by atoms with Crippen molar-refractivity contribution in [2.45, 2.75) is 6.54 Å². The number of nitrogens with zero attached hydrogens (tertiary/aromatic N) is 2. The average Bonchev–Trinajstić information content (AvgIpc) is 2.82. The van der Waals surface area contributed by atoms with Gasteiger partial charge in [0.05, 0.1) is 12.8 Å². The monoisotopic (exact) mass is 426 g/mol. The molecule has 0 aliphatic heterocycles. The Morgan fingerprint density at radius 3 is 2.25 bits per heavy atom. The summed E-state index contributed by atoms with van der Waals surface area (Å²) < 4.78 is 6.51. The largest absolute Gasteiger partial charge is 0.496 e. The maximum absolute atomic E-state index is 12.5. The van der Waals surface area contributed by atoms with Gasteiger partial charge in [-0.2, -0.15) is 5.10 Å². The summed E-state index contributed by atoms with van der Waals surface area (Å²) in [6.07, 6.45) is 0. The normalized spacial score (nSPS) is 10.4. The topological polar surface area (TPSA) is 85.2 Å². The highest BCUT2D eigenvalue weighted by molar-refractivity contribution is 5.90. The molecule has 0 fully saturated rings. The van der Waals surface area contributed by atoms with E-state index in [1.54, 1.807) is 25.3 Å². The molecule has 0 unspecified atom stereocenters. The molecule has 0 aliphatic rings. The first-order valence-corrected chi connectivity index (χ1v) is 10.1. The second kappa shape index (κ2) is 9.61. The zero-order valence-corrected chi connectivity index (χ0v) is 17.5. The minimum Gasteiger partial charge on any atom is -0.496 e. The van der Waals surface area contributed by atoms with Crippen molar-refractivity contribution in [2.24, 2.45) is 0 Å². The number of para-hydroxylation sites is 2. The number of ether oxygens (including phenoxy) is 1. The maximum Gasteiger partial charge on any atom is 0.267 e. The quantitative estimate of drug-likeness (QED) is 0.460. The van der Waals surface area contributed by atoms with Gasteiger partial charge in [-0.15, -0.1) is 0 Å². The highest BCUT2D eigenvalue weighted by atomic mass is 16.5. The summed E-state index contributed by atoms with van der Waals surface area (Å²) in [5.41, 5.74) is 3.43. The Hall–Kier alpha value is -4.39. The summed E-state index contributed by atoms with van der Waals surface area (Å²) in [5.74, 6) is 0.291. The first-order valence-electron chi connectivity index (χ1n) is 10.1. The summed E-state index contributed by atoms with van der Waals surface area (Å²) >= 11 is 0. The number of aromatic nitrogens is 2. The zero-order valence-electron chi connectivity index (χ0n) is 17.5. The first kappa shape index (κ1) is 20.9. The Morgan fingerprint density at radius 2 is 1.50 bits per heavy atom. The van der Waals surface area contributed by atoms with Crippen LogP contribution in [0.15, 0.2) is 95.8 Å². The molecule has 3 aromatic carbocycles. The van der Waals surface area contributed by atoms with Crippen LogP contribution in [0.4, 0.5) is 17.1 Å². The van der Waals surface area contributed by atoms with Gasteiger partial charge in [-0.05, 0) is 54.6 Å². The van der Waals surface area contributed by atoms with Crippen molar-refractivity contribution in [3.63, 3.8) is 0 Å². The summed E-state index contributed by atoms with van der Waals surface area (Å²) in [7, 11) is 1.57. The number of benzene rings is 3. The number of hydrogen-bond donors (Lipinski definition) is 2. The molecule has 1 amide bonds. The molecule has 1 heterocycles. The van der Waals surface area contributed by atoms with Gasteiger partial charge in [-0.1, -0.05) is 30.3 Å². The number of nitrogens with one attached hydrogen (secondary N) is 2. The average molecular weight is 426 g/mol. The number of anilines is 3. The van der Waals surface area contributed by atoms with E-state index in [2.05, 4.69) is 15.7 Å². The van der Waals surface area contributed by atoms with Gasteiger partial charge in [0.25, 0.3) is 5.56 Å². The van der Waals surface area contributed by atoms with E-state index in [0.29, 0.717) is 17.1 Å². The fraction of sp³-hybridized carbons (Fsp3) is 0.0800. The van der Waals surface area contributed by atoms with Crippen molar-refractivity contribution in [1.29, 1.82) is 0 Å². The Labute approximate surface area is 185 Å². The predicted molar refractivity (Wildman–Crippen MR) is 125 cm³/mol. The highest BCUT2D eigenvalue weighted by Gasteiger charge is 2.11. The van der Waals surface area contributed by atoms with Crippen molar-refractivity contribution in [3.8, 4) is 17.0 Å². The standard InChI is InChI=1S/C25H22N4O3/c1-32-23-10-6-5-9-21(23)22-15-16-25(31)29(28-22)17-24(30)27-20-13-11-19(12-14-20)26-18-7-3-2-4-8-18/h2-16,26H,17H2,1H3,(H,27,30). The van der Waals surface area contributed by atoms with Crippen LogP contribution in [0.1, 0.15) is 0 Å². The molecule has 7 nitrogen and oxygen atoms in total. The van der Waals surface area contributed by atoms with Gasteiger partial charge >= 0.3 is 0 Å². The molecule has 4 rings (SSSR count). The highest BCUT2D eigenvalue weighted by Crippen LogP contribution is 2.27.